The van der Waals surface area contributed by atoms with E-state index in [1.165, 1.54) is 0 Å². The number of rotatable bonds is 6. The highest BCUT2D eigenvalue weighted by molar-refractivity contribution is 6.26. The maximum Gasteiger partial charge on any atom is 0.347 e. The van der Waals surface area contributed by atoms with E-state index >= 15 is 0 Å². The summed E-state index contributed by atoms with van der Waals surface area (Å²) in [7, 11) is 0. The first kappa shape index (κ1) is 20.5. The molecule has 3 heterocycles. The third kappa shape index (κ3) is 3.83. The van der Waals surface area contributed by atoms with Gasteiger partial charge in [-0.05, 0) is 39.0 Å². The summed E-state index contributed by atoms with van der Waals surface area (Å²) in [4.78, 5) is 34.2. The number of halogens is 1. The highest BCUT2D eigenvalue weighted by Crippen LogP contribution is 2.31. The molecule has 144 valence electrons. The van der Waals surface area contributed by atoms with Gasteiger partial charge < -0.3 is 19.4 Å². The molecule has 3 rings (SSSR count). The zero-order valence-corrected chi connectivity index (χ0v) is 16.3. The minimum absolute atomic E-state index is 0. The molecule has 0 unspecified atom stereocenters. The van der Waals surface area contributed by atoms with Gasteiger partial charge in [0.25, 0.3) is 0 Å². The molecule has 1 aliphatic rings. The number of carbonyl (C=O) groups excluding carboxylic acids is 2. The van der Waals surface area contributed by atoms with E-state index in [0.29, 0.717) is 18.7 Å². The average molecular weight is 392 g/mol. The topological polar surface area (TPSA) is 84.5 Å². The van der Waals surface area contributed by atoms with E-state index in [2.05, 4.69) is 9.97 Å². The van der Waals surface area contributed by atoms with Crippen molar-refractivity contribution >= 4 is 41.3 Å². The quantitative estimate of drug-likeness (QED) is 0.463. The number of aromatic amines is 1. The lowest BCUT2D eigenvalue weighted by Gasteiger charge is -2.21. The molecule has 0 aliphatic carbocycles. The first-order valence-corrected chi connectivity index (χ1v) is 8.63. The van der Waals surface area contributed by atoms with Crippen LogP contribution in [0, 0.1) is 0 Å². The number of nitrogens with zero attached hydrogens (tertiary/aromatic N) is 2. The van der Waals surface area contributed by atoms with E-state index < -0.39 is 11.8 Å². The Kier molecular flexibility index (Phi) is 6.63. The van der Waals surface area contributed by atoms with Gasteiger partial charge in [-0.1, -0.05) is 0 Å². The van der Waals surface area contributed by atoms with Gasteiger partial charge in [0, 0.05) is 36.4 Å². The molecule has 7 nitrogen and oxygen atoms in total. The minimum Gasteiger partial charge on any atom is -0.462 e. The predicted octanol–water partition coefficient (Wildman–Crippen LogP) is 3.04. The molecular formula is C19H22ClN3O4. The number of ketones is 1. The van der Waals surface area contributed by atoms with Crippen molar-refractivity contribution in [3.05, 3.63) is 47.3 Å². The molecule has 1 aliphatic heterocycles. The van der Waals surface area contributed by atoms with Crippen LogP contribution in [0.15, 0.2) is 41.7 Å². The number of Topliss-reactive ketones (excluding diaryl/α,β-unsaturated/α-hetero) is 1. The van der Waals surface area contributed by atoms with Crippen molar-refractivity contribution < 1.29 is 19.1 Å². The molecule has 2 aromatic heterocycles. The van der Waals surface area contributed by atoms with Crippen LogP contribution < -0.4 is 0 Å². The van der Waals surface area contributed by atoms with Crippen LogP contribution in [0.1, 0.15) is 26.3 Å². The fourth-order valence-electron chi connectivity index (χ4n) is 2.87. The van der Waals surface area contributed by atoms with Gasteiger partial charge in [0.2, 0.25) is 11.7 Å². The second kappa shape index (κ2) is 8.73. The molecule has 1 N–H and O–H groups in total. The van der Waals surface area contributed by atoms with Crippen molar-refractivity contribution in [1.82, 2.24) is 14.9 Å². The Hall–Kier alpha value is -2.80. The number of nitrogens with one attached hydrogen (secondary N) is 1. The number of carbonyl (C=O) groups is 2. The number of allylic oxidation sites excluding steroid dienone is 1. The minimum atomic E-state index is -0.664. The fourth-order valence-corrected chi connectivity index (χ4v) is 2.87. The third-order valence-electron chi connectivity index (χ3n) is 4.17. The molecular weight excluding hydrogens is 370 g/mol. The molecule has 0 fully saturated rings. The lowest BCUT2D eigenvalue weighted by molar-refractivity contribution is -0.139. The van der Waals surface area contributed by atoms with Gasteiger partial charge >= 0.3 is 5.97 Å². The number of esters is 1. The summed E-state index contributed by atoms with van der Waals surface area (Å²) >= 11 is 0. The SMILES string of the molecule is CCOC(=O)C1=C(N(CC)CC)OC(=Cc2c[nH]c3ncccc23)C1=O.Cl. The summed E-state index contributed by atoms with van der Waals surface area (Å²) in [6, 6.07) is 3.72. The first-order chi connectivity index (χ1) is 12.6. The Bertz CT molecular complexity index is 913. The molecule has 0 radical (unpaired) electrons. The smallest absolute Gasteiger partial charge is 0.347 e. The van der Waals surface area contributed by atoms with Crippen LogP contribution in [0.4, 0.5) is 0 Å². The number of aromatic nitrogens is 2. The van der Waals surface area contributed by atoms with Crippen LogP contribution in [0.3, 0.4) is 0 Å². The van der Waals surface area contributed by atoms with Crippen LogP contribution in [-0.2, 0) is 19.1 Å². The molecule has 0 saturated heterocycles. The number of fused-ring (bicyclic) bond motifs is 1. The number of hydrogen-bond donors (Lipinski definition) is 1. The maximum atomic E-state index is 12.8. The van der Waals surface area contributed by atoms with Crippen molar-refractivity contribution in [3.8, 4) is 0 Å². The highest BCUT2D eigenvalue weighted by Gasteiger charge is 2.38. The Balaban J connectivity index is 0.00000261. The largest absolute Gasteiger partial charge is 0.462 e. The summed E-state index contributed by atoms with van der Waals surface area (Å²) in [5.41, 5.74) is 1.42. The molecule has 0 amide bonds. The second-order valence-electron chi connectivity index (χ2n) is 5.66. The zero-order chi connectivity index (χ0) is 18.7. The Morgan fingerprint density at radius 3 is 2.74 bits per heavy atom. The summed E-state index contributed by atoms with van der Waals surface area (Å²) in [6.07, 6.45) is 5.06. The molecule has 8 heteroatoms. The van der Waals surface area contributed by atoms with Gasteiger partial charge in [0.1, 0.15) is 5.65 Å². The van der Waals surface area contributed by atoms with Crippen LogP contribution in [0.25, 0.3) is 17.1 Å². The van der Waals surface area contributed by atoms with Crippen molar-refractivity contribution in [2.75, 3.05) is 19.7 Å². The second-order valence-corrected chi connectivity index (χ2v) is 5.66. The van der Waals surface area contributed by atoms with Crippen LogP contribution >= 0.6 is 12.4 Å². The summed E-state index contributed by atoms with van der Waals surface area (Å²) < 4.78 is 10.9. The normalized spacial score (nSPS) is 15.1. The lowest BCUT2D eigenvalue weighted by Crippen LogP contribution is -2.25. The molecule has 0 atom stereocenters. The Labute approximate surface area is 163 Å². The monoisotopic (exact) mass is 391 g/mol. The van der Waals surface area contributed by atoms with Crippen molar-refractivity contribution in [2.45, 2.75) is 20.8 Å². The standard InChI is InChI=1S/C19H21N3O4.ClH/c1-4-22(5-2)18-15(19(24)25-6-3)16(23)14(26-18)10-12-11-21-17-13(12)8-7-9-20-17;/h7-11H,4-6H2,1-3H3,(H,20,21);1H. The Morgan fingerprint density at radius 2 is 2.07 bits per heavy atom. The van der Waals surface area contributed by atoms with E-state index in [9.17, 15) is 9.59 Å². The molecule has 0 bridgehead atoms. The number of hydrogen-bond acceptors (Lipinski definition) is 6. The van der Waals surface area contributed by atoms with Gasteiger partial charge in [0.15, 0.2) is 11.3 Å². The average Bonchev–Trinajstić information content (AvgIpc) is 3.19. The molecule has 0 aromatic carbocycles. The maximum absolute atomic E-state index is 12.8. The first-order valence-electron chi connectivity index (χ1n) is 8.63. The Morgan fingerprint density at radius 1 is 1.33 bits per heavy atom. The van der Waals surface area contributed by atoms with E-state index in [-0.39, 0.29) is 36.2 Å². The van der Waals surface area contributed by atoms with Gasteiger partial charge in [-0.25, -0.2) is 9.78 Å². The summed E-state index contributed by atoms with van der Waals surface area (Å²) in [5.74, 6) is -0.783. The van der Waals surface area contributed by atoms with Crippen LogP contribution in [0.5, 0.6) is 0 Å². The number of H-pyrrole nitrogens is 1. The number of ether oxygens (including phenoxy) is 2. The van der Waals surface area contributed by atoms with Crippen LogP contribution in [-0.4, -0.2) is 46.3 Å². The number of pyridine rings is 1. The summed E-state index contributed by atoms with van der Waals surface area (Å²) in [6.45, 7) is 6.96. The molecule has 0 spiro atoms. The van der Waals surface area contributed by atoms with Crippen molar-refractivity contribution in [3.63, 3.8) is 0 Å². The van der Waals surface area contributed by atoms with E-state index in [0.717, 1.165) is 10.9 Å². The summed E-state index contributed by atoms with van der Waals surface area (Å²) in [5, 5.41) is 0.866. The van der Waals surface area contributed by atoms with Gasteiger partial charge in [-0.15, -0.1) is 12.4 Å². The third-order valence-corrected chi connectivity index (χ3v) is 4.17. The van der Waals surface area contributed by atoms with Gasteiger partial charge in [-0.3, -0.25) is 4.79 Å². The lowest BCUT2D eigenvalue weighted by atomic mass is 10.1. The van der Waals surface area contributed by atoms with Crippen molar-refractivity contribution in [2.24, 2.45) is 0 Å². The fraction of sp³-hybridized carbons (Fsp3) is 0.316. The van der Waals surface area contributed by atoms with E-state index in [4.69, 9.17) is 9.47 Å². The van der Waals surface area contributed by atoms with Crippen molar-refractivity contribution in [1.29, 1.82) is 0 Å². The van der Waals surface area contributed by atoms with Gasteiger partial charge in [-0.2, -0.15) is 0 Å². The van der Waals surface area contributed by atoms with E-state index in [1.807, 2.05) is 30.9 Å². The zero-order valence-electron chi connectivity index (χ0n) is 15.4. The predicted molar refractivity (Wildman–Crippen MR) is 104 cm³/mol. The van der Waals surface area contributed by atoms with Crippen LogP contribution in [0.2, 0.25) is 0 Å². The molecule has 2 aromatic rings. The molecule has 0 saturated carbocycles. The van der Waals surface area contributed by atoms with Gasteiger partial charge in [0.05, 0.1) is 6.61 Å². The highest BCUT2D eigenvalue weighted by atomic mass is 35.5. The van der Waals surface area contributed by atoms with E-state index in [1.54, 1.807) is 25.4 Å². The molecule has 27 heavy (non-hydrogen) atoms.